The molecule has 2 aromatic carbocycles. The first-order valence-electron chi connectivity index (χ1n) is 6.36. The maximum absolute atomic E-state index is 12.5. The number of nitrogens with zero attached hydrogens (tertiary/aromatic N) is 1. The van der Waals surface area contributed by atoms with E-state index in [1.807, 2.05) is 12.1 Å². The minimum absolute atomic E-state index is 0.0724. The Hall–Kier alpha value is -2.69. The van der Waals surface area contributed by atoms with Crippen molar-refractivity contribution < 1.29 is 19.4 Å². The summed E-state index contributed by atoms with van der Waals surface area (Å²) in [6.07, 6.45) is 0. The largest absolute Gasteiger partial charge is 0.504 e. The number of anilines is 1. The van der Waals surface area contributed by atoms with Crippen LogP contribution < -0.4 is 14.4 Å². The molecule has 2 rings (SSSR count). The van der Waals surface area contributed by atoms with Gasteiger partial charge in [-0.2, -0.15) is 0 Å². The Morgan fingerprint density at radius 3 is 2.33 bits per heavy atom. The zero-order valence-electron chi connectivity index (χ0n) is 12.2. The summed E-state index contributed by atoms with van der Waals surface area (Å²) < 4.78 is 10.2. The second-order valence-corrected chi connectivity index (χ2v) is 4.42. The van der Waals surface area contributed by atoms with Gasteiger partial charge in [-0.05, 0) is 30.3 Å². The number of phenols is 1. The predicted molar refractivity (Wildman–Crippen MR) is 80.4 cm³/mol. The van der Waals surface area contributed by atoms with E-state index in [0.29, 0.717) is 22.7 Å². The highest BCUT2D eigenvalue weighted by atomic mass is 16.5. The SMILES string of the molecule is COc1ccc(C(=O)N(C)c2ccccc2OC)cc1O. The van der Waals surface area contributed by atoms with E-state index < -0.39 is 0 Å². The van der Waals surface area contributed by atoms with Crippen molar-refractivity contribution in [1.29, 1.82) is 0 Å². The minimum atomic E-state index is -0.252. The van der Waals surface area contributed by atoms with Gasteiger partial charge in [0.1, 0.15) is 5.75 Å². The summed E-state index contributed by atoms with van der Waals surface area (Å²) in [6.45, 7) is 0. The summed E-state index contributed by atoms with van der Waals surface area (Å²) >= 11 is 0. The molecule has 0 aromatic heterocycles. The first-order chi connectivity index (χ1) is 10.1. The average molecular weight is 287 g/mol. The number of phenolic OH excluding ortho intramolecular Hbond substituents is 1. The van der Waals surface area contributed by atoms with E-state index in [2.05, 4.69) is 0 Å². The molecule has 0 aliphatic carbocycles. The van der Waals surface area contributed by atoms with Gasteiger partial charge in [-0.15, -0.1) is 0 Å². The molecule has 0 saturated carbocycles. The number of para-hydroxylation sites is 2. The van der Waals surface area contributed by atoms with Crippen LogP contribution in [0.4, 0.5) is 5.69 Å². The Bertz CT molecular complexity index is 654. The second-order valence-electron chi connectivity index (χ2n) is 4.42. The third kappa shape index (κ3) is 2.91. The van der Waals surface area contributed by atoms with Gasteiger partial charge in [-0.1, -0.05) is 12.1 Å². The minimum Gasteiger partial charge on any atom is -0.504 e. The van der Waals surface area contributed by atoms with Crippen LogP contribution in [0.25, 0.3) is 0 Å². The normalized spacial score (nSPS) is 10.0. The van der Waals surface area contributed by atoms with E-state index in [0.717, 1.165) is 0 Å². The molecule has 0 fully saturated rings. The quantitative estimate of drug-likeness (QED) is 0.939. The summed E-state index contributed by atoms with van der Waals surface area (Å²) in [5.41, 5.74) is 1.02. The summed E-state index contributed by atoms with van der Waals surface area (Å²) in [5.74, 6) is 0.604. The highest BCUT2D eigenvalue weighted by Gasteiger charge is 2.18. The lowest BCUT2D eigenvalue weighted by molar-refractivity contribution is 0.0992. The van der Waals surface area contributed by atoms with Gasteiger partial charge in [-0.3, -0.25) is 4.79 Å². The molecule has 1 amide bonds. The Morgan fingerprint density at radius 2 is 1.71 bits per heavy atom. The number of ether oxygens (including phenoxy) is 2. The fraction of sp³-hybridized carbons (Fsp3) is 0.188. The number of rotatable bonds is 4. The molecular formula is C16H17NO4. The molecule has 21 heavy (non-hydrogen) atoms. The summed E-state index contributed by atoms with van der Waals surface area (Å²) in [4.78, 5) is 14.0. The van der Waals surface area contributed by atoms with Crippen molar-refractivity contribution in [2.24, 2.45) is 0 Å². The summed E-state index contributed by atoms with van der Waals surface area (Å²) in [7, 11) is 4.66. The Balaban J connectivity index is 2.33. The van der Waals surface area contributed by atoms with E-state index in [1.165, 1.54) is 18.1 Å². The van der Waals surface area contributed by atoms with Gasteiger partial charge in [0.05, 0.1) is 19.9 Å². The van der Waals surface area contributed by atoms with Crippen LogP contribution in [0.3, 0.4) is 0 Å². The van der Waals surface area contributed by atoms with Crippen LogP contribution >= 0.6 is 0 Å². The van der Waals surface area contributed by atoms with Gasteiger partial charge >= 0.3 is 0 Å². The van der Waals surface area contributed by atoms with Crippen molar-refractivity contribution in [3.8, 4) is 17.2 Å². The third-order valence-electron chi connectivity index (χ3n) is 3.18. The lowest BCUT2D eigenvalue weighted by Gasteiger charge is -2.20. The molecule has 110 valence electrons. The number of carbonyl (C=O) groups excluding carboxylic acids is 1. The van der Waals surface area contributed by atoms with Gasteiger partial charge in [-0.25, -0.2) is 0 Å². The fourth-order valence-corrected chi connectivity index (χ4v) is 2.03. The summed E-state index contributed by atoms with van der Waals surface area (Å²) in [5, 5.41) is 9.77. The predicted octanol–water partition coefficient (Wildman–Crippen LogP) is 2.69. The maximum Gasteiger partial charge on any atom is 0.258 e. The highest BCUT2D eigenvalue weighted by Crippen LogP contribution is 2.30. The van der Waals surface area contributed by atoms with Crippen molar-refractivity contribution in [3.05, 3.63) is 48.0 Å². The topological polar surface area (TPSA) is 59.0 Å². The molecule has 2 aromatic rings. The summed E-state index contributed by atoms with van der Waals surface area (Å²) in [6, 6.07) is 11.8. The Labute approximate surface area is 123 Å². The lowest BCUT2D eigenvalue weighted by atomic mass is 10.1. The monoisotopic (exact) mass is 287 g/mol. The molecule has 0 heterocycles. The molecule has 0 atom stereocenters. The van der Waals surface area contributed by atoms with E-state index in [9.17, 15) is 9.90 Å². The molecule has 1 N–H and O–H groups in total. The zero-order chi connectivity index (χ0) is 15.4. The van der Waals surface area contributed by atoms with Crippen LogP contribution in [0, 0.1) is 0 Å². The number of methoxy groups -OCH3 is 2. The van der Waals surface area contributed by atoms with Crippen molar-refractivity contribution in [2.45, 2.75) is 0 Å². The first-order valence-corrected chi connectivity index (χ1v) is 6.36. The Morgan fingerprint density at radius 1 is 1.05 bits per heavy atom. The van der Waals surface area contributed by atoms with Crippen LogP contribution in [0.2, 0.25) is 0 Å². The number of carbonyl (C=O) groups is 1. The Kier molecular flexibility index (Phi) is 4.33. The smallest absolute Gasteiger partial charge is 0.258 e. The zero-order valence-corrected chi connectivity index (χ0v) is 12.2. The highest BCUT2D eigenvalue weighted by molar-refractivity contribution is 6.06. The molecule has 5 heteroatoms. The van der Waals surface area contributed by atoms with Crippen molar-refractivity contribution >= 4 is 11.6 Å². The van der Waals surface area contributed by atoms with Crippen molar-refractivity contribution in [2.75, 3.05) is 26.2 Å². The van der Waals surface area contributed by atoms with E-state index in [4.69, 9.17) is 9.47 Å². The second kappa shape index (κ2) is 6.17. The van der Waals surface area contributed by atoms with E-state index >= 15 is 0 Å². The van der Waals surface area contributed by atoms with Crippen LogP contribution in [0.5, 0.6) is 17.2 Å². The van der Waals surface area contributed by atoms with Gasteiger partial charge in [0.2, 0.25) is 0 Å². The van der Waals surface area contributed by atoms with Crippen molar-refractivity contribution in [1.82, 2.24) is 0 Å². The molecule has 0 aliphatic rings. The number of hydrogen-bond acceptors (Lipinski definition) is 4. The van der Waals surface area contributed by atoms with Gasteiger partial charge in [0.15, 0.2) is 11.5 Å². The van der Waals surface area contributed by atoms with E-state index in [-0.39, 0.29) is 11.7 Å². The molecule has 0 saturated heterocycles. The number of amides is 1. The maximum atomic E-state index is 12.5. The molecule has 0 radical (unpaired) electrons. The number of aromatic hydroxyl groups is 1. The molecule has 0 spiro atoms. The molecule has 0 bridgehead atoms. The van der Waals surface area contributed by atoms with Crippen LogP contribution in [0.1, 0.15) is 10.4 Å². The molecular weight excluding hydrogens is 270 g/mol. The van der Waals surface area contributed by atoms with Gasteiger partial charge in [0.25, 0.3) is 5.91 Å². The molecule has 0 aliphatic heterocycles. The molecule has 5 nitrogen and oxygen atoms in total. The van der Waals surface area contributed by atoms with Crippen LogP contribution in [0.15, 0.2) is 42.5 Å². The first kappa shape index (κ1) is 14.7. The van der Waals surface area contributed by atoms with Gasteiger partial charge in [0, 0.05) is 12.6 Å². The van der Waals surface area contributed by atoms with Crippen molar-refractivity contribution in [3.63, 3.8) is 0 Å². The van der Waals surface area contributed by atoms with Crippen LogP contribution in [-0.4, -0.2) is 32.3 Å². The molecule has 0 unspecified atom stereocenters. The standard InChI is InChI=1S/C16H17NO4/c1-17(12-6-4-5-7-14(12)20-2)16(19)11-8-9-15(21-3)13(18)10-11/h4-10,18H,1-3H3. The number of benzene rings is 2. The average Bonchev–Trinajstić information content (AvgIpc) is 2.53. The van der Waals surface area contributed by atoms with E-state index in [1.54, 1.807) is 38.4 Å². The van der Waals surface area contributed by atoms with Crippen LogP contribution in [-0.2, 0) is 0 Å². The van der Waals surface area contributed by atoms with Gasteiger partial charge < -0.3 is 19.5 Å². The third-order valence-corrected chi connectivity index (χ3v) is 3.18. The lowest BCUT2D eigenvalue weighted by Crippen LogP contribution is -2.26. The fourth-order valence-electron chi connectivity index (χ4n) is 2.03. The number of hydrogen-bond donors (Lipinski definition) is 1.